The van der Waals surface area contributed by atoms with E-state index < -0.39 is 0 Å². The maximum absolute atomic E-state index is 6.40. The lowest BCUT2D eigenvalue weighted by atomic mass is 10.1. The van der Waals surface area contributed by atoms with E-state index >= 15 is 0 Å². The number of benzene rings is 2. The van der Waals surface area contributed by atoms with Gasteiger partial charge >= 0.3 is 0 Å². The molecule has 0 aliphatic rings. The summed E-state index contributed by atoms with van der Waals surface area (Å²) in [6.07, 6.45) is 0. The molecule has 21 heavy (non-hydrogen) atoms. The molecule has 3 rings (SSSR count). The average Bonchev–Trinajstić information content (AvgIpc) is 2.50. The van der Waals surface area contributed by atoms with E-state index in [4.69, 9.17) is 22.1 Å². The lowest BCUT2D eigenvalue weighted by Gasteiger charge is -2.11. The molecule has 0 radical (unpaired) electrons. The van der Waals surface area contributed by atoms with Gasteiger partial charge < -0.3 is 10.5 Å². The summed E-state index contributed by atoms with van der Waals surface area (Å²) in [5, 5.41) is 1.72. The molecule has 0 unspecified atom stereocenters. The van der Waals surface area contributed by atoms with Crippen molar-refractivity contribution >= 4 is 28.2 Å². The predicted octanol–water partition coefficient (Wildman–Crippen LogP) is 4.36. The highest BCUT2D eigenvalue weighted by molar-refractivity contribution is 6.32. The van der Waals surface area contributed by atoms with Gasteiger partial charge in [0.05, 0.1) is 16.2 Å². The van der Waals surface area contributed by atoms with Crippen LogP contribution in [0, 0.1) is 6.92 Å². The molecule has 0 spiro atoms. The quantitative estimate of drug-likeness (QED) is 0.731. The van der Waals surface area contributed by atoms with Crippen LogP contribution in [0.15, 0.2) is 48.5 Å². The molecule has 0 fully saturated rings. The van der Waals surface area contributed by atoms with Gasteiger partial charge in [0.2, 0.25) is 0 Å². The fourth-order valence-corrected chi connectivity index (χ4v) is 2.47. The van der Waals surface area contributed by atoms with E-state index in [-0.39, 0.29) is 0 Å². The largest absolute Gasteiger partial charge is 0.487 e. The molecule has 3 nitrogen and oxygen atoms in total. The summed E-state index contributed by atoms with van der Waals surface area (Å²) >= 11 is 6.40. The Labute approximate surface area is 128 Å². The molecule has 2 aromatic carbocycles. The number of anilines is 1. The normalized spacial score (nSPS) is 10.8. The van der Waals surface area contributed by atoms with Crippen molar-refractivity contribution in [1.82, 2.24) is 4.98 Å². The van der Waals surface area contributed by atoms with Crippen molar-refractivity contribution in [1.29, 1.82) is 0 Å². The Morgan fingerprint density at radius 3 is 2.76 bits per heavy atom. The van der Waals surface area contributed by atoms with E-state index in [0.717, 1.165) is 22.2 Å². The third-order valence-electron chi connectivity index (χ3n) is 3.38. The molecule has 3 aromatic rings. The molecular formula is C17H15ClN2O. The first-order valence-corrected chi connectivity index (χ1v) is 7.05. The second-order valence-corrected chi connectivity index (χ2v) is 5.25. The Balaban J connectivity index is 1.92. The Kier molecular flexibility index (Phi) is 3.67. The number of nitrogens with two attached hydrogens (primary N) is 1. The molecule has 0 atom stereocenters. The van der Waals surface area contributed by atoms with E-state index in [1.165, 1.54) is 0 Å². The summed E-state index contributed by atoms with van der Waals surface area (Å²) < 4.78 is 5.73. The molecule has 0 amide bonds. The summed E-state index contributed by atoms with van der Waals surface area (Å²) in [4.78, 5) is 4.58. The molecule has 2 N–H and O–H groups in total. The molecule has 1 aromatic heterocycles. The van der Waals surface area contributed by atoms with Crippen LogP contribution >= 0.6 is 11.6 Å². The van der Waals surface area contributed by atoms with E-state index in [0.29, 0.717) is 23.1 Å². The number of rotatable bonds is 3. The number of nitrogens with zero attached hydrogens (tertiary/aromatic N) is 1. The molecule has 0 bridgehead atoms. The highest BCUT2D eigenvalue weighted by Crippen LogP contribution is 2.27. The molecule has 1 heterocycles. The van der Waals surface area contributed by atoms with Crippen LogP contribution < -0.4 is 10.5 Å². The Morgan fingerprint density at radius 1 is 1.14 bits per heavy atom. The summed E-state index contributed by atoms with van der Waals surface area (Å²) in [7, 11) is 0. The zero-order valence-corrected chi connectivity index (χ0v) is 12.4. The van der Waals surface area contributed by atoms with Crippen LogP contribution in [-0.2, 0) is 6.61 Å². The minimum Gasteiger partial charge on any atom is -0.487 e. The zero-order chi connectivity index (χ0) is 14.8. The van der Waals surface area contributed by atoms with Gasteiger partial charge in [-0.05, 0) is 30.7 Å². The number of hydrogen-bond acceptors (Lipinski definition) is 3. The summed E-state index contributed by atoms with van der Waals surface area (Å²) in [5.74, 6) is 0.707. The second-order valence-electron chi connectivity index (χ2n) is 4.88. The third-order valence-corrected chi connectivity index (χ3v) is 3.88. The van der Waals surface area contributed by atoms with Gasteiger partial charge in [0.15, 0.2) is 0 Å². The topological polar surface area (TPSA) is 48.1 Å². The van der Waals surface area contributed by atoms with Crippen molar-refractivity contribution in [2.24, 2.45) is 0 Å². The lowest BCUT2D eigenvalue weighted by molar-refractivity contribution is 0.302. The van der Waals surface area contributed by atoms with Crippen LogP contribution in [0.5, 0.6) is 5.75 Å². The first-order chi connectivity index (χ1) is 10.1. The molecule has 0 saturated heterocycles. The van der Waals surface area contributed by atoms with Gasteiger partial charge in [0, 0.05) is 17.1 Å². The van der Waals surface area contributed by atoms with Gasteiger partial charge in [-0.15, -0.1) is 0 Å². The van der Waals surface area contributed by atoms with Gasteiger partial charge in [0.1, 0.15) is 12.4 Å². The number of nitrogen functional groups attached to an aromatic ring is 1. The Bertz CT molecular complexity index is 802. The summed E-state index contributed by atoms with van der Waals surface area (Å²) in [6, 6.07) is 15.2. The number of ether oxygens (including phenoxy) is 1. The SMILES string of the molecule is Cc1c(Cl)c(COc2cccc(N)c2)nc2ccccc12. The van der Waals surface area contributed by atoms with Crippen LogP contribution in [-0.4, -0.2) is 4.98 Å². The number of aryl methyl sites for hydroxylation is 1. The van der Waals surface area contributed by atoms with Crippen LogP contribution in [0.25, 0.3) is 10.9 Å². The van der Waals surface area contributed by atoms with Crippen LogP contribution in [0.4, 0.5) is 5.69 Å². The minimum absolute atomic E-state index is 0.313. The molecular weight excluding hydrogens is 284 g/mol. The van der Waals surface area contributed by atoms with Crippen molar-refractivity contribution < 1.29 is 4.74 Å². The van der Waals surface area contributed by atoms with Crippen molar-refractivity contribution in [2.75, 3.05) is 5.73 Å². The first kappa shape index (κ1) is 13.7. The van der Waals surface area contributed by atoms with Gasteiger partial charge in [-0.1, -0.05) is 35.9 Å². The van der Waals surface area contributed by atoms with Crippen molar-refractivity contribution in [3.63, 3.8) is 0 Å². The number of halogens is 1. The van der Waals surface area contributed by atoms with Gasteiger partial charge in [-0.2, -0.15) is 0 Å². The van der Waals surface area contributed by atoms with E-state index in [1.54, 1.807) is 6.07 Å². The number of hydrogen-bond donors (Lipinski definition) is 1. The summed E-state index contributed by atoms with van der Waals surface area (Å²) in [6.45, 7) is 2.31. The second kappa shape index (κ2) is 5.62. The van der Waals surface area contributed by atoms with Crippen molar-refractivity contribution in [3.05, 3.63) is 64.8 Å². The number of aromatic nitrogens is 1. The predicted molar refractivity (Wildman–Crippen MR) is 86.7 cm³/mol. The lowest BCUT2D eigenvalue weighted by Crippen LogP contribution is -2.02. The van der Waals surface area contributed by atoms with E-state index in [1.807, 2.05) is 49.4 Å². The maximum atomic E-state index is 6.40. The van der Waals surface area contributed by atoms with Gasteiger partial charge in [-0.3, -0.25) is 0 Å². The smallest absolute Gasteiger partial charge is 0.132 e. The highest BCUT2D eigenvalue weighted by Gasteiger charge is 2.10. The Morgan fingerprint density at radius 2 is 1.95 bits per heavy atom. The monoisotopic (exact) mass is 298 g/mol. The molecule has 106 valence electrons. The van der Waals surface area contributed by atoms with Crippen LogP contribution in [0.1, 0.15) is 11.3 Å². The molecule has 0 aliphatic carbocycles. The van der Waals surface area contributed by atoms with Crippen molar-refractivity contribution in [3.8, 4) is 5.75 Å². The number of para-hydroxylation sites is 1. The third kappa shape index (κ3) is 2.78. The zero-order valence-electron chi connectivity index (χ0n) is 11.6. The standard InChI is InChI=1S/C17H15ClN2O/c1-11-14-7-2-3-8-15(14)20-16(17(11)18)10-21-13-6-4-5-12(19)9-13/h2-9H,10,19H2,1H3. The van der Waals surface area contributed by atoms with Crippen LogP contribution in [0.3, 0.4) is 0 Å². The average molecular weight is 299 g/mol. The van der Waals surface area contributed by atoms with E-state index in [2.05, 4.69) is 4.98 Å². The van der Waals surface area contributed by atoms with E-state index in [9.17, 15) is 0 Å². The fourth-order valence-electron chi connectivity index (χ4n) is 2.27. The van der Waals surface area contributed by atoms with Crippen molar-refractivity contribution in [2.45, 2.75) is 13.5 Å². The van der Waals surface area contributed by atoms with Gasteiger partial charge in [-0.25, -0.2) is 4.98 Å². The maximum Gasteiger partial charge on any atom is 0.132 e. The summed E-state index contributed by atoms with van der Waals surface area (Å²) in [5.41, 5.74) is 9.08. The number of fused-ring (bicyclic) bond motifs is 1. The number of pyridine rings is 1. The minimum atomic E-state index is 0.313. The molecule has 4 heteroatoms. The van der Waals surface area contributed by atoms with Crippen LogP contribution in [0.2, 0.25) is 5.02 Å². The van der Waals surface area contributed by atoms with Gasteiger partial charge in [0.25, 0.3) is 0 Å². The molecule has 0 aliphatic heterocycles. The first-order valence-electron chi connectivity index (χ1n) is 6.67. The Hall–Kier alpha value is -2.26. The molecule has 0 saturated carbocycles. The fraction of sp³-hybridized carbons (Fsp3) is 0.118. The highest BCUT2D eigenvalue weighted by atomic mass is 35.5.